The molecule has 0 radical (unpaired) electrons. The molecule has 0 saturated carbocycles. The van der Waals surface area contributed by atoms with Crippen LogP contribution >= 0.6 is 11.6 Å². The van der Waals surface area contributed by atoms with Gasteiger partial charge in [0.05, 0.1) is 11.7 Å². The number of rotatable bonds is 2. The molecule has 1 N–H and O–H groups in total. The van der Waals surface area contributed by atoms with Crippen LogP contribution in [-0.2, 0) is 0 Å². The average Bonchev–Trinajstić information content (AvgIpc) is 2.97. The van der Waals surface area contributed by atoms with Gasteiger partial charge in [-0.25, -0.2) is 9.37 Å². The van der Waals surface area contributed by atoms with E-state index in [0.29, 0.717) is 21.6 Å². The van der Waals surface area contributed by atoms with Crippen LogP contribution in [0.1, 0.15) is 0 Å². The normalized spacial score (nSPS) is 11.1. The molecule has 0 aliphatic heterocycles. The molecule has 6 heteroatoms. The Morgan fingerprint density at radius 2 is 1.75 bits per heavy atom. The topological polar surface area (TPSA) is 50.7 Å². The van der Waals surface area contributed by atoms with Gasteiger partial charge >= 0.3 is 0 Å². The van der Waals surface area contributed by atoms with Crippen molar-refractivity contribution >= 4 is 22.6 Å². The van der Waals surface area contributed by atoms with Crippen molar-refractivity contribution in [3.05, 3.63) is 82.2 Å². The predicted octanol–water partition coefficient (Wildman–Crippen LogP) is 4.17. The van der Waals surface area contributed by atoms with E-state index in [-0.39, 0.29) is 11.4 Å². The van der Waals surface area contributed by atoms with Gasteiger partial charge in [-0.05, 0) is 42.0 Å². The summed E-state index contributed by atoms with van der Waals surface area (Å²) in [5, 5.41) is 1.08. The summed E-state index contributed by atoms with van der Waals surface area (Å²) in [6, 6.07) is 13.3. The van der Waals surface area contributed by atoms with Crippen LogP contribution in [0.25, 0.3) is 27.8 Å². The van der Waals surface area contributed by atoms with E-state index in [1.165, 1.54) is 18.5 Å². The highest BCUT2D eigenvalue weighted by molar-refractivity contribution is 6.30. The molecule has 2 aromatic carbocycles. The van der Waals surface area contributed by atoms with Crippen molar-refractivity contribution in [1.29, 1.82) is 0 Å². The van der Waals surface area contributed by atoms with Gasteiger partial charge in [0.15, 0.2) is 5.65 Å². The molecule has 0 spiro atoms. The van der Waals surface area contributed by atoms with Gasteiger partial charge in [-0.2, -0.15) is 0 Å². The first-order chi connectivity index (χ1) is 11.6. The summed E-state index contributed by atoms with van der Waals surface area (Å²) in [6.45, 7) is 0. The molecule has 0 atom stereocenters. The standard InChI is InChI=1S/C18H11ClFN3O/c19-12-3-7-14(8-4-12)23-9-15(11-1-5-13(20)6-2-11)16-17(23)21-10-22-18(16)24/h1-10H,(H,21,22,24). The monoisotopic (exact) mass is 339 g/mol. The van der Waals surface area contributed by atoms with Crippen molar-refractivity contribution in [3.8, 4) is 16.8 Å². The molecule has 0 unspecified atom stereocenters. The zero-order chi connectivity index (χ0) is 16.7. The van der Waals surface area contributed by atoms with Crippen LogP contribution in [-0.4, -0.2) is 14.5 Å². The molecule has 24 heavy (non-hydrogen) atoms. The number of fused-ring (bicyclic) bond motifs is 1. The van der Waals surface area contributed by atoms with Gasteiger partial charge in [0.2, 0.25) is 0 Å². The van der Waals surface area contributed by atoms with Crippen molar-refractivity contribution in [2.24, 2.45) is 0 Å². The molecule has 2 aromatic heterocycles. The summed E-state index contributed by atoms with van der Waals surface area (Å²) < 4.78 is 15.0. The van der Waals surface area contributed by atoms with E-state index in [2.05, 4.69) is 9.97 Å². The molecule has 0 saturated heterocycles. The average molecular weight is 340 g/mol. The Bertz CT molecular complexity index is 1080. The summed E-state index contributed by atoms with van der Waals surface area (Å²) >= 11 is 5.94. The van der Waals surface area contributed by atoms with Crippen molar-refractivity contribution in [2.75, 3.05) is 0 Å². The minimum atomic E-state index is -0.327. The van der Waals surface area contributed by atoms with Gasteiger partial charge in [-0.15, -0.1) is 0 Å². The smallest absolute Gasteiger partial charge is 0.260 e. The molecule has 4 rings (SSSR count). The lowest BCUT2D eigenvalue weighted by molar-refractivity contribution is 0.628. The third kappa shape index (κ3) is 2.39. The maximum Gasteiger partial charge on any atom is 0.260 e. The number of nitrogens with one attached hydrogen (secondary N) is 1. The van der Waals surface area contributed by atoms with Crippen LogP contribution in [0.5, 0.6) is 0 Å². The van der Waals surface area contributed by atoms with Crippen LogP contribution < -0.4 is 5.56 Å². The fourth-order valence-corrected chi connectivity index (χ4v) is 2.84. The molecule has 0 fully saturated rings. The SMILES string of the molecule is O=c1[nH]cnc2c1c(-c1ccc(F)cc1)cn2-c1ccc(Cl)cc1. The van der Waals surface area contributed by atoms with E-state index < -0.39 is 0 Å². The first-order valence-corrected chi connectivity index (χ1v) is 7.62. The molecule has 0 amide bonds. The minimum absolute atomic E-state index is 0.243. The highest BCUT2D eigenvalue weighted by atomic mass is 35.5. The number of benzene rings is 2. The Labute approximate surface area is 141 Å². The molecule has 0 aliphatic carbocycles. The summed E-state index contributed by atoms with van der Waals surface area (Å²) in [5.41, 5.74) is 2.55. The van der Waals surface area contributed by atoms with Gasteiger partial charge < -0.3 is 9.55 Å². The quantitative estimate of drug-likeness (QED) is 0.596. The first kappa shape index (κ1) is 14.7. The zero-order valence-electron chi connectivity index (χ0n) is 12.3. The molecular weight excluding hydrogens is 329 g/mol. The van der Waals surface area contributed by atoms with E-state index in [0.717, 1.165) is 11.3 Å². The van der Waals surface area contributed by atoms with E-state index in [1.807, 2.05) is 22.9 Å². The number of hydrogen-bond donors (Lipinski definition) is 1. The van der Waals surface area contributed by atoms with Crippen molar-refractivity contribution in [2.45, 2.75) is 0 Å². The lowest BCUT2D eigenvalue weighted by atomic mass is 10.1. The number of halogens is 2. The van der Waals surface area contributed by atoms with E-state index in [1.54, 1.807) is 24.3 Å². The summed E-state index contributed by atoms with van der Waals surface area (Å²) in [4.78, 5) is 19.2. The van der Waals surface area contributed by atoms with E-state index in [4.69, 9.17) is 11.6 Å². The maximum absolute atomic E-state index is 13.2. The number of aromatic amines is 1. The Hall–Kier alpha value is -2.92. The van der Waals surface area contributed by atoms with Gasteiger partial charge in [-0.3, -0.25) is 4.79 Å². The van der Waals surface area contributed by atoms with Crippen LogP contribution in [0.4, 0.5) is 4.39 Å². The number of H-pyrrole nitrogens is 1. The fraction of sp³-hybridized carbons (Fsp3) is 0. The van der Waals surface area contributed by atoms with Crippen molar-refractivity contribution in [3.63, 3.8) is 0 Å². The van der Waals surface area contributed by atoms with Crippen LogP contribution in [0.3, 0.4) is 0 Å². The number of aromatic nitrogens is 3. The van der Waals surface area contributed by atoms with Gasteiger partial charge in [0.1, 0.15) is 5.82 Å². The number of nitrogens with zero attached hydrogens (tertiary/aromatic N) is 2. The molecule has 2 heterocycles. The van der Waals surface area contributed by atoms with Gasteiger partial charge in [0.25, 0.3) is 5.56 Å². The highest BCUT2D eigenvalue weighted by Gasteiger charge is 2.15. The Morgan fingerprint density at radius 3 is 2.46 bits per heavy atom. The Morgan fingerprint density at radius 1 is 1.04 bits per heavy atom. The first-order valence-electron chi connectivity index (χ1n) is 7.24. The van der Waals surface area contributed by atoms with Gasteiger partial charge in [-0.1, -0.05) is 23.7 Å². The van der Waals surface area contributed by atoms with Crippen molar-refractivity contribution < 1.29 is 4.39 Å². The largest absolute Gasteiger partial charge is 0.312 e. The van der Waals surface area contributed by atoms with Crippen LogP contribution in [0.15, 0.2) is 65.8 Å². The molecule has 4 nitrogen and oxygen atoms in total. The lowest BCUT2D eigenvalue weighted by Crippen LogP contribution is -2.07. The van der Waals surface area contributed by atoms with E-state index in [9.17, 15) is 9.18 Å². The summed E-state index contributed by atoms with van der Waals surface area (Å²) in [5.74, 6) is -0.327. The fourth-order valence-electron chi connectivity index (χ4n) is 2.72. The van der Waals surface area contributed by atoms with Crippen LogP contribution in [0.2, 0.25) is 5.02 Å². The van der Waals surface area contributed by atoms with Crippen LogP contribution in [0, 0.1) is 5.82 Å². The predicted molar refractivity (Wildman–Crippen MR) is 92.1 cm³/mol. The molecule has 118 valence electrons. The zero-order valence-corrected chi connectivity index (χ0v) is 13.1. The van der Waals surface area contributed by atoms with Crippen molar-refractivity contribution in [1.82, 2.24) is 14.5 Å². The second-order valence-corrected chi connectivity index (χ2v) is 5.76. The molecule has 0 bridgehead atoms. The Kier molecular flexibility index (Phi) is 3.43. The molecule has 4 aromatic rings. The van der Waals surface area contributed by atoms with E-state index >= 15 is 0 Å². The maximum atomic E-state index is 13.2. The second kappa shape index (κ2) is 5.62. The number of hydrogen-bond acceptors (Lipinski definition) is 2. The lowest BCUT2D eigenvalue weighted by Gasteiger charge is -2.04. The Balaban J connectivity index is 2.03. The third-order valence-corrected chi connectivity index (χ3v) is 4.10. The summed E-state index contributed by atoms with van der Waals surface area (Å²) in [6.07, 6.45) is 3.19. The second-order valence-electron chi connectivity index (χ2n) is 5.33. The van der Waals surface area contributed by atoms with Gasteiger partial charge in [0, 0.05) is 22.5 Å². The molecular formula is C18H11ClFN3O. The molecule has 0 aliphatic rings. The minimum Gasteiger partial charge on any atom is -0.312 e. The highest BCUT2D eigenvalue weighted by Crippen LogP contribution is 2.29. The third-order valence-electron chi connectivity index (χ3n) is 3.85. The summed E-state index contributed by atoms with van der Waals surface area (Å²) in [7, 11) is 0.